The van der Waals surface area contributed by atoms with Crippen molar-refractivity contribution in [3.63, 3.8) is 0 Å². The molecule has 0 radical (unpaired) electrons. The molecule has 1 saturated heterocycles. The summed E-state index contributed by atoms with van der Waals surface area (Å²) in [5.41, 5.74) is 2.35. The molecule has 2 heterocycles. The Morgan fingerprint density at radius 2 is 2.17 bits per heavy atom. The number of hydrogen-bond acceptors (Lipinski definition) is 6. The quantitative estimate of drug-likeness (QED) is 0.652. The van der Waals surface area contributed by atoms with Crippen molar-refractivity contribution in [2.75, 3.05) is 11.5 Å². The Balaban J connectivity index is 1.93. The molecule has 23 heavy (non-hydrogen) atoms. The van der Waals surface area contributed by atoms with Gasteiger partial charge in [0.15, 0.2) is 5.71 Å². The van der Waals surface area contributed by atoms with Crippen LogP contribution in [0.25, 0.3) is 0 Å². The van der Waals surface area contributed by atoms with Crippen molar-refractivity contribution in [1.82, 2.24) is 5.43 Å². The molecule has 1 aromatic rings. The van der Waals surface area contributed by atoms with Crippen molar-refractivity contribution >= 4 is 40.8 Å². The lowest BCUT2D eigenvalue weighted by Crippen LogP contribution is -2.36. The number of halogens is 2. The van der Waals surface area contributed by atoms with Crippen LogP contribution in [0.15, 0.2) is 23.3 Å². The number of hydrogen-bond donors (Lipinski definition) is 1. The van der Waals surface area contributed by atoms with Gasteiger partial charge in [-0.25, -0.2) is 14.1 Å². The van der Waals surface area contributed by atoms with Gasteiger partial charge in [0.25, 0.3) is 5.91 Å². The summed E-state index contributed by atoms with van der Waals surface area (Å²) in [6, 6.07) is 2.58. The molecule has 120 valence electrons. The number of imide groups is 1. The number of amides is 2. The van der Waals surface area contributed by atoms with Gasteiger partial charge in [0.1, 0.15) is 17.8 Å². The van der Waals surface area contributed by atoms with Crippen LogP contribution in [0.1, 0.15) is 6.92 Å². The number of carbonyl (C=O) groups is 3. The van der Waals surface area contributed by atoms with Gasteiger partial charge in [-0.05, 0) is 25.1 Å². The molecule has 0 aliphatic carbocycles. The van der Waals surface area contributed by atoms with Crippen LogP contribution in [0.3, 0.4) is 0 Å². The van der Waals surface area contributed by atoms with Crippen molar-refractivity contribution in [2.45, 2.75) is 13.0 Å². The number of ether oxygens (including phenoxy) is 1. The molecule has 2 aliphatic heterocycles. The van der Waals surface area contributed by atoms with E-state index in [4.69, 9.17) is 16.3 Å². The van der Waals surface area contributed by atoms with Gasteiger partial charge in [-0.1, -0.05) is 11.6 Å². The molecule has 3 rings (SSSR count). The number of fused-ring (bicyclic) bond motifs is 1. The van der Waals surface area contributed by atoms with Crippen LogP contribution in [0.4, 0.5) is 10.1 Å². The smallest absolute Gasteiger partial charge is 0.355 e. The summed E-state index contributed by atoms with van der Waals surface area (Å²) in [4.78, 5) is 37.6. The Labute approximate surface area is 135 Å². The maximum absolute atomic E-state index is 13.6. The minimum absolute atomic E-state index is 0.0429. The van der Waals surface area contributed by atoms with E-state index in [0.29, 0.717) is 0 Å². The number of rotatable bonds is 3. The molecule has 9 heteroatoms. The molecule has 1 fully saturated rings. The molecule has 1 aromatic carbocycles. The van der Waals surface area contributed by atoms with Gasteiger partial charge in [0, 0.05) is 0 Å². The van der Waals surface area contributed by atoms with Gasteiger partial charge in [-0.15, -0.1) is 0 Å². The van der Waals surface area contributed by atoms with Crippen LogP contribution in [0.2, 0.25) is 5.02 Å². The molecular weight excluding hydrogens is 329 g/mol. The fourth-order valence-electron chi connectivity index (χ4n) is 2.54. The molecule has 2 amide bonds. The standard InChI is InChI=1S/C14H11ClFN3O4/c1-2-23-14(22)11-9-10(17-18-11)13(21)19(12(9)20)6-3-4-7(15)8(16)5-6/h3-5,9-10,17H,2H2,1H3. The Hall–Kier alpha value is -2.48. The van der Waals surface area contributed by atoms with Gasteiger partial charge in [-0.2, -0.15) is 5.10 Å². The van der Waals surface area contributed by atoms with E-state index in [1.165, 1.54) is 12.1 Å². The maximum atomic E-state index is 13.6. The topological polar surface area (TPSA) is 88.1 Å². The third kappa shape index (κ3) is 2.35. The molecule has 0 saturated carbocycles. The Bertz CT molecular complexity index is 752. The summed E-state index contributed by atoms with van der Waals surface area (Å²) in [5.74, 6) is -3.89. The monoisotopic (exact) mass is 339 g/mol. The first-order valence-electron chi connectivity index (χ1n) is 6.78. The molecular formula is C14H11ClFN3O4. The highest BCUT2D eigenvalue weighted by molar-refractivity contribution is 6.46. The van der Waals surface area contributed by atoms with Crippen LogP contribution >= 0.6 is 11.6 Å². The predicted octanol–water partition coefficient (Wildman–Crippen LogP) is 0.859. The normalized spacial score (nSPS) is 22.7. The zero-order valence-electron chi connectivity index (χ0n) is 11.9. The fourth-order valence-corrected chi connectivity index (χ4v) is 2.66. The van der Waals surface area contributed by atoms with E-state index in [9.17, 15) is 18.8 Å². The van der Waals surface area contributed by atoms with Crippen molar-refractivity contribution < 1.29 is 23.5 Å². The van der Waals surface area contributed by atoms with Crippen molar-refractivity contribution in [1.29, 1.82) is 0 Å². The summed E-state index contributed by atoms with van der Waals surface area (Å²) < 4.78 is 18.4. The summed E-state index contributed by atoms with van der Waals surface area (Å²) in [7, 11) is 0. The first kappa shape index (κ1) is 15.4. The Morgan fingerprint density at radius 3 is 2.83 bits per heavy atom. The predicted molar refractivity (Wildman–Crippen MR) is 78.4 cm³/mol. The first-order valence-corrected chi connectivity index (χ1v) is 7.16. The largest absolute Gasteiger partial charge is 0.461 e. The van der Waals surface area contributed by atoms with Crippen LogP contribution in [0, 0.1) is 11.7 Å². The second-order valence-electron chi connectivity index (χ2n) is 4.91. The second-order valence-corrected chi connectivity index (χ2v) is 5.32. The number of carbonyl (C=O) groups excluding carboxylic acids is 3. The number of hydrazone groups is 1. The van der Waals surface area contributed by atoms with E-state index in [1.807, 2.05) is 0 Å². The molecule has 0 bridgehead atoms. The minimum atomic E-state index is -1.08. The highest BCUT2D eigenvalue weighted by atomic mass is 35.5. The molecule has 1 N–H and O–H groups in total. The van der Waals surface area contributed by atoms with E-state index < -0.39 is 35.6 Å². The van der Waals surface area contributed by atoms with Gasteiger partial charge in [0.05, 0.1) is 17.3 Å². The van der Waals surface area contributed by atoms with Crippen LogP contribution in [-0.2, 0) is 19.1 Å². The summed E-state index contributed by atoms with van der Waals surface area (Å²) >= 11 is 5.60. The van der Waals surface area contributed by atoms with Crippen molar-refractivity contribution in [2.24, 2.45) is 11.0 Å². The average molecular weight is 340 g/mol. The van der Waals surface area contributed by atoms with Crippen LogP contribution in [-0.4, -0.2) is 36.1 Å². The molecule has 0 spiro atoms. The van der Waals surface area contributed by atoms with Crippen molar-refractivity contribution in [3.05, 3.63) is 29.0 Å². The second kappa shape index (κ2) is 5.62. The zero-order chi connectivity index (χ0) is 16.7. The number of nitrogens with zero attached hydrogens (tertiary/aromatic N) is 2. The van der Waals surface area contributed by atoms with E-state index in [2.05, 4.69) is 10.5 Å². The van der Waals surface area contributed by atoms with E-state index in [-0.39, 0.29) is 23.0 Å². The summed E-state index contributed by atoms with van der Waals surface area (Å²) in [6.07, 6.45) is 0. The van der Waals surface area contributed by atoms with E-state index in [1.54, 1.807) is 6.92 Å². The lowest BCUT2D eigenvalue weighted by atomic mass is 9.99. The van der Waals surface area contributed by atoms with Crippen molar-refractivity contribution in [3.8, 4) is 0 Å². The molecule has 2 atom stereocenters. The minimum Gasteiger partial charge on any atom is -0.461 e. The summed E-state index contributed by atoms with van der Waals surface area (Å²) in [5, 5.41) is 3.60. The third-order valence-electron chi connectivity index (χ3n) is 3.57. The van der Waals surface area contributed by atoms with E-state index >= 15 is 0 Å². The fraction of sp³-hybridized carbons (Fsp3) is 0.286. The molecule has 7 nitrogen and oxygen atoms in total. The molecule has 2 aliphatic rings. The van der Waals surface area contributed by atoms with Gasteiger partial charge in [0.2, 0.25) is 5.91 Å². The van der Waals surface area contributed by atoms with Crippen LogP contribution < -0.4 is 10.3 Å². The molecule has 0 aromatic heterocycles. The maximum Gasteiger partial charge on any atom is 0.355 e. The lowest BCUT2D eigenvalue weighted by molar-refractivity contribution is -0.136. The number of esters is 1. The number of benzene rings is 1. The molecule has 2 unspecified atom stereocenters. The number of anilines is 1. The van der Waals surface area contributed by atoms with Gasteiger partial charge in [-0.3, -0.25) is 15.0 Å². The van der Waals surface area contributed by atoms with Gasteiger partial charge < -0.3 is 4.74 Å². The average Bonchev–Trinajstić information content (AvgIpc) is 3.04. The Morgan fingerprint density at radius 1 is 1.43 bits per heavy atom. The van der Waals surface area contributed by atoms with Gasteiger partial charge >= 0.3 is 5.97 Å². The Kier molecular flexibility index (Phi) is 3.77. The zero-order valence-corrected chi connectivity index (χ0v) is 12.6. The first-order chi connectivity index (χ1) is 11.0. The van der Waals surface area contributed by atoms with E-state index in [0.717, 1.165) is 11.0 Å². The summed E-state index contributed by atoms with van der Waals surface area (Å²) in [6.45, 7) is 1.73. The SMILES string of the molecule is CCOC(=O)C1=NNC2C(=O)N(c3ccc(Cl)c(F)c3)C(=O)C12. The highest BCUT2D eigenvalue weighted by Gasteiger charge is 2.55. The number of nitrogens with one attached hydrogen (secondary N) is 1. The highest BCUT2D eigenvalue weighted by Crippen LogP contribution is 2.32. The third-order valence-corrected chi connectivity index (χ3v) is 3.88. The van der Waals surface area contributed by atoms with Crippen LogP contribution in [0.5, 0.6) is 0 Å². The lowest BCUT2D eigenvalue weighted by Gasteiger charge is -2.16.